The van der Waals surface area contributed by atoms with Crippen molar-refractivity contribution in [2.45, 2.75) is 12.8 Å². The van der Waals surface area contributed by atoms with Gasteiger partial charge in [0.25, 0.3) is 0 Å². The summed E-state index contributed by atoms with van der Waals surface area (Å²) in [6, 6.07) is 0. The maximum absolute atomic E-state index is 11.8. The monoisotopic (exact) mass is 321 g/mol. The molecule has 0 radical (unpaired) electrons. The van der Waals surface area contributed by atoms with Crippen LogP contribution in [0.2, 0.25) is 0 Å². The molecule has 0 saturated carbocycles. The normalized spacial score (nSPS) is 11.1. The molecule has 0 aliphatic heterocycles. The number of nitrogens with one attached hydrogen (secondary N) is 1. The molecule has 0 unspecified atom stereocenters. The van der Waals surface area contributed by atoms with Gasteiger partial charge in [-0.25, -0.2) is 13.4 Å². The van der Waals surface area contributed by atoms with Gasteiger partial charge in [-0.15, -0.1) is 11.3 Å². The number of aliphatic carboxylic acids is 1. The number of aromatic nitrogens is 1. The Morgan fingerprint density at radius 1 is 1.50 bits per heavy atom. The number of likely N-dealkylation sites (N-methyl/N-ethyl adjacent to an activating group) is 1. The molecule has 0 fully saturated rings. The van der Waals surface area contributed by atoms with Crippen LogP contribution in [0.1, 0.15) is 12.1 Å². The molecule has 0 aliphatic carbocycles. The fourth-order valence-electron chi connectivity index (χ4n) is 1.27. The maximum atomic E-state index is 11.8. The summed E-state index contributed by atoms with van der Waals surface area (Å²) in [6.45, 7) is 0.118. The molecule has 1 heterocycles. The fraction of sp³-hybridized carbons (Fsp3) is 0.500. The Kier molecular flexibility index (Phi) is 5.45. The summed E-state index contributed by atoms with van der Waals surface area (Å²) in [5.74, 6) is -1.25. The zero-order chi connectivity index (χ0) is 15.3. The van der Waals surface area contributed by atoms with Crippen molar-refractivity contribution in [2.24, 2.45) is 0 Å². The highest BCUT2D eigenvalue weighted by molar-refractivity contribution is 7.92. The van der Waals surface area contributed by atoms with Crippen LogP contribution in [0.4, 0.5) is 5.13 Å². The van der Waals surface area contributed by atoms with E-state index in [1.165, 1.54) is 11.9 Å². The molecule has 0 aliphatic rings. The van der Waals surface area contributed by atoms with E-state index in [1.807, 2.05) is 0 Å². The average molecular weight is 321 g/mol. The molecule has 2 N–H and O–H groups in total. The molecular weight excluding hydrogens is 306 g/mol. The first-order chi connectivity index (χ1) is 9.17. The highest BCUT2D eigenvalue weighted by Gasteiger charge is 2.14. The molecule has 1 amide bonds. The number of amides is 1. The van der Waals surface area contributed by atoms with Crippen molar-refractivity contribution in [1.29, 1.82) is 0 Å². The van der Waals surface area contributed by atoms with Gasteiger partial charge in [0.05, 0.1) is 24.8 Å². The fourth-order valence-corrected chi connectivity index (χ4v) is 2.83. The molecule has 0 saturated heterocycles. The van der Waals surface area contributed by atoms with E-state index in [-0.39, 0.29) is 30.4 Å². The van der Waals surface area contributed by atoms with Crippen molar-refractivity contribution >= 4 is 38.4 Å². The number of sulfonamides is 1. The van der Waals surface area contributed by atoms with Crippen molar-refractivity contribution in [3.05, 3.63) is 11.1 Å². The third-order valence-electron chi connectivity index (χ3n) is 2.24. The number of rotatable bonds is 7. The topological polar surface area (TPSA) is 117 Å². The number of thiazole rings is 1. The summed E-state index contributed by atoms with van der Waals surface area (Å²) in [6.07, 6.45) is 0.886. The predicted molar refractivity (Wildman–Crippen MR) is 74.2 cm³/mol. The summed E-state index contributed by atoms with van der Waals surface area (Å²) in [4.78, 5) is 27.5. The molecule has 1 aromatic rings. The molecular formula is C10H15N3O5S2. The quantitative estimate of drug-likeness (QED) is 0.729. The minimum atomic E-state index is -3.39. The number of hydrogen-bond donors (Lipinski definition) is 2. The Morgan fingerprint density at radius 3 is 2.70 bits per heavy atom. The smallest absolute Gasteiger partial charge is 0.305 e. The number of carbonyl (C=O) groups is 2. The molecule has 112 valence electrons. The summed E-state index contributed by atoms with van der Waals surface area (Å²) < 4.78 is 24.2. The van der Waals surface area contributed by atoms with Crippen LogP contribution in [0, 0.1) is 0 Å². The van der Waals surface area contributed by atoms with E-state index in [2.05, 4.69) is 9.71 Å². The van der Waals surface area contributed by atoms with E-state index in [1.54, 1.807) is 5.38 Å². The van der Waals surface area contributed by atoms with Crippen LogP contribution in [0.25, 0.3) is 0 Å². The first-order valence-corrected chi connectivity index (χ1v) is 8.32. The van der Waals surface area contributed by atoms with E-state index in [0.29, 0.717) is 5.69 Å². The maximum Gasteiger partial charge on any atom is 0.305 e. The van der Waals surface area contributed by atoms with Gasteiger partial charge >= 0.3 is 5.97 Å². The van der Waals surface area contributed by atoms with E-state index < -0.39 is 16.0 Å². The zero-order valence-corrected chi connectivity index (χ0v) is 12.6. The van der Waals surface area contributed by atoms with Gasteiger partial charge in [0, 0.05) is 19.0 Å². The molecule has 1 rings (SSSR count). The Morgan fingerprint density at radius 2 is 2.15 bits per heavy atom. The Bertz CT molecular complexity index is 596. The van der Waals surface area contributed by atoms with E-state index in [0.717, 1.165) is 17.6 Å². The number of carboxylic acid groups (broad SMARTS) is 1. The third-order valence-corrected chi connectivity index (χ3v) is 3.74. The molecule has 0 bridgehead atoms. The van der Waals surface area contributed by atoms with Gasteiger partial charge in [0.1, 0.15) is 0 Å². The lowest BCUT2D eigenvalue weighted by atomic mass is 10.3. The molecule has 10 heteroatoms. The molecule has 0 spiro atoms. The van der Waals surface area contributed by atoms with E-state index in [9.17, 15) is 18.0 Å². The van der Waals surface area contributed by atoms with Gasteiger partial charge in [-0.2, -0.15) is 0 Å². The van der Waals surface area contributed by atoms with Crippen molar-refractivity contribution in [2.75, 3.05) is 24.6 Å². The van der Waals surface area contributed by atoms with Crippen molar-refractivity contribution < 1.29 is 23.1 Å². The van der Waals surface area contributed by atoms with Gasteiger partial charge in [-0.1, -0.05) is 0 Å². The Labute approximate surface area is 120 Å². The first kappa shape index (κ1) is 16.4. The lowest BCUT2D eigenvalue weighted by molar-refractivity contribution is -0.138. The van der Waals surface area contributed by atoms with E-state index >= 15 is 0 Å². The second kappa shape index (κ2) is 6.66. The predicted octanol–water partition coefficient (Wildman–Crippen LogP) is -0.00980. The highest BCUT2D eigenvalue weighted by Crippen LogP contribution is 2.17. The summed E-state index contributed by atoms with van der Waals surface area (Å²) in [5, 5.41) is 10.3. The van der Waals surface area contributed by atoms with Crippen LogP contribution < -0.4 is 4.72 Å². The second-order valence-electron chi connectivity index (χ2n) is 4.15. The van der Waals surface area contributed by atoms with E-state index in [4.69, 9.17) is 5.11 Å². The zero-order valence-electron chi connectivity index (χ0n) is 11.0. The molecule has 20 heavy (non-hydrogen) atoms. The molecule has 8 nitrogen and oxygen atoms in total. The van der Waals surface area contributed by atoms with Crippen LogP contribution >= 0.6 is 11.3 Å². The number of carboxylic acids is 1. The van der Waals surface area contributed by atoms with Gasteiger partial charge in [-0.05, 0) is 0 Å². The number of hydrogen-bond acceptors (Lipinski definition) is 6. The third kappa shape index (κ3) is 5.97. The van der Waals surface area contributed by atoms with Crippen molar-refractivity contribution in [3.63, 3.8) is 0 Å². The highest BCUT2D eigenvalue weighted by atomic mass is 32.2. The van der Waals surface area contributed by atoms with Gasteiger partial charge in [-0.3, -0.25) is 14.3 Å². The molecule has 0 atom stereocenters. The van der Waals surface area contributed by atoms with Crippen molar-refractivity contribution in [1.82, 2.24) is 9.88 Å². The van der Waals surface area contributed by atoms with Crippen LogP contribution in [-0.2, 0) is 26.0 Å². The average Bonchev–Trinajstić information content (AvgIpc) is 2.70. The first-order valence-electron chi connectivity index (χ1n) is 5.55. The SMILES string of the molecule is CN(CCC(=O)O)C(=O)Cc1csc(NS(C)(=O)=O)n1. The lowest BCUT2D eigenvalue weighted by Gasteiger charge is -2.14. The van der Waals surface area contributed by atoms with Crippen LogP contribution in [-0.4, -0.2) is 55.1 Å². The summed E-state index contributed by atoms with van der Waals surface area (Å²) in [7, 11) is -1.88. The van der Waals surface area contributed by atoms with Gasteiger partial charge in [0.2, 0.25) is 15.9 Å². The number of anilines is 1. The summed E-state index contributed by atoms with van der Waals surface area (Å²) in [5.41, 5.74) is 0.438. The minimum absolute atomic E-state index is 0.00192. The lowest BCUT2D eigenvalue weighted by Crippen LogP contribution is -2.30. The Balaban J connectivity index is 2.56. The van der Waals surface area contributed by atoms with Crippen molar-refractivity contribution in [3.8, 4) is 0 Å². The summed E-state index contributed by atoms with van der Waals surface area (Å²) >= 11 is 1.08. The number of carbonyl (C=O) groups excluding carboxylic acids is 1. The Hall–Kier alpha value is -1.68. The van der Waals surface area contributed by atoms with Gasteiger partial charge in [0.15, 0.2) is 5.13 Å². The second-order valence-corrected chi connectivity index (χ2v) is 6.76. The largest absolute Gasteiger partial charge is 0.481 e. The minimum Gasteiger partial charge on any atom is -0.481 e. The molecule has 0 aromatic carbocycles. The number of nitrogens with zero attached hydrogens (tertiary/aromatic N) is 2. The van der Waals surface area contributed by atoms with Gasteiger partial charge < -0.3 is 10.0 Å². The van der Waals surface area contributed by atoms with Crippen LogP contribution in [0.5, 0.6) is 0 Å². The molecule has 1 aromatic heterocycles. The van der Waals surface area contributed by atoms with Crippen LogP contribution in [0.15, 0.2) is 5.38 Å². The standard InChI is InChI=1S/C10H15N3O5S2/c1-13(4-3-9(15)16)8(14)5-7-6-19-10(11-7)12-20(2,17)18/h6H,3-5H2,1-2H3,(H,11,12)(H,15,16). The van der Waals surface area contributed by atoms with Crippen LogP contribution in [0.3, 0.4) is 0 Å².